The number of benzene rings is 1. The van der Waals surface area contributed by atoms with Crippen molar-refractivity contribution in [2.45, 2.75) is 59.5 Å². The van der Waals surface area contributed by atoms with Gasteiger partial charge in [-0.15, -0.1) is 11.3 Å². The fourth-order valence-electron chi connectivity index (χ4n) is 2.27. The van der Waals surface area contributed by atoms with Crippen LogP contribution in [-0.2, 0) is 19.4 Å². The van der Waals surface area contributed by atoms with Crippen molar-refractivity contribution in [1.82, 2.24) is 10.3 Å². The van der Waals surface area contributed by atoms with Crippen LogP contribution in [-0.4, -0.2) is 10.5 Å². The number of hydrogen-bond acceptors (Lipinski definition) is 3. The number of rotatable bonds is 5. The van der Waals surface area contributed by atoms with Gasteiger partial charge in [0.05, 0.1) is 10.7 Å². The van der Waals surface area contributed by atoms with Crippen molar-refractivity contribution in [1.29, 1.82) is 0 Å². The summed E-state index contributed by atoms with van der Waals surface area (Å²) in [4.78, 5) is 6.22. The second-order valence-corrected chi connectivity index (χ2v) is 7.77. The first-order valence-electron chi connectivity index (χ1n) is 7.65. The first-order chi connectivity index (χ1) is 9.87. The maximum Gasteiger partial charge on any atom is 0.0975 e. The van der Waals surface area contributed by atoms with Crippen molar-refractivity contribution in [3.8, 4) is 0 Å². The normalized spacial score (nSPS) is 11.9. The molecule has 0 bridgehead atoms. The molecule has 114 valence electrons. The van der Waals surface area contributed by atoms with E-state index in [1.807, 2.05) is 11.3 Å². The van der Waals surface area contributed by atoms with Gasteiger partial charge in [-0.05, 0) is 39.7 Å². The van der Waals surface area contributed by atoms with E-state index < -0.39 is 0 Å². The van der Waals surface area contributed by atoms with Gasteiger partial charge in [-0.1, -0.05) is 36.8 Å². The monoisotopic (exact) mass is 302 g/mol. The van der Waals surface area contributed by atoms with Crippen LogP contribution in [0.25, 0.3) is 0 Å². The molecule has 0 saturated heterocycles. The zero-order chi connectivity index (χ0) is 15.5. The Morgan fingerprint density at radius 2 is 2.00 bits per heavy atom. The fraction of sp³-hybridized carbons (Fsp3) is 0.500. The molecule has 1 N–H and O–H groups in total. The minimum atomic E-state index is 0.145. The molecule has 0 aliphatic rings. The Labute approximate surface area is 132 Å². The lowest BCUT2D eigenvalue weighted by Crippen LogP contribution is -2.35. The van der Waals surface area contributed by atoms with Crippen LogP contribution in [0.3, 0.4) is 0 Å². The van der Waals surface area contributed by atoms with Gasteiger partial charge in [-0.3, -0.25) is 0 Å². The zero-order valence-electron chi connectivity index (χ0n) is 13.8. The van der Waals surface area contributed by atoms with E-state index in [-0.39, 0.29) is 5.54 Å². The predicted molar refractivity (Wildman–Crippen MR) is 92.1 cm³/mol. The van der Waals surface area contributed by atoms with E-state index in [4.69, 9.17) is 4.98 Å². The van der Waals surface area contributed by atoms with Crippen molar-refractivity contribution in [3.63, 3.8) is 0 Å². The van der Waals surface area contributed by atoms with E-state index in [0.29, 0.717) is 0 Å². The van der Waals surface area contributed by atoms with Gasteiger partial charge in [-0.2, -0.15) is 0 Å². The summed E-state index contributed by atoms with van der Waals surface area (Å²) in [7, 11) is 0. The quantitative estimate of drug-likeness (QED) is 0.880. The van der Waals surface area contributed by atoms with Crippen LogP contribution in [0.15, 0.2) is 24.3 Å². The predicted octanol–water partition coefficient (Wildman–Crippen LogP) is 4.49. The summed E-state index contributed by atoms with van der Waals surface area (Å²) < 4.78 is 0. The Balaban J connectivity index is 2.12. The Morgan fingerprint density at radius 3 is 2.62 bits per heavy atom. The molecule has 0 atom stereocenters. The molecule has 2 rings (SSSR count). The van der Waals surface area contributed by atoms with E-state index >= 15 is 0 Å². The highest BCUT2D eigenvalue weighted by atomic mass is 32.1. The van der Waals surface area contributed by atoms with E-state index in [0.717, 1.165) is 19.4 Å². The highest BCUT2D eigenvalue weighted by Crippen LogP contribution is 2.23. The van der Waals surface area contributed by atoms with Gasteiger partial charge in [0.15, 0.2) is 0 Å². The van der Waals surface area contributed by atoms with Crippen LogP contribution >= 0.6 is 11.3 Å². The number of aromatic nitrogens is 1. The summed E-state index contributed by atoms with van der Waals surface area (Å²) in [5.41, 5.74) is 4.06. The molecule has 1 aromatic carbocycles. The minimum Gasteiger partial charge on any atom is -0.307 e. The topological polar surface area (TPSA) is 24.9 Å². The molecule has 3 heteroatoms. The molecule has 0 unspecified atom stereocenters. The van der Waals surface area contributed by atoms with E-state index in [9.17, 15) is 0 Å². The van der Waals surface area contributed by atoms with Gasteiger partial charge >= 0.3 is 0 Å². The lowest BCUT2D eigenvalue weighted by atomic mass is 10.1. The summed E-state index contributed by atoms with van der Waals surface area (Å²) in [5, 5.41) is 4.79. The van der Waals surface area contributed by atoms with Crippen LogP contribution in [0.1, 0.15) is 54.4 Å². The average molecular weight is 302 g/mol. The van der Waals surface area contributed by atoms with Crippen molar-refractivity contribution < 1.29 is 0 Å². The van der Waals surface area contributed by atoms with Crippen LogP contribution in [0.2, 0.25) is 0 Å². The molecule has 1 heterocycles. The summed E-state index contributed by atoms with van der Waals surface area (Å²) in [6, 6.07) is 8.70. The van der Waals surface area contributed by atoms with Crippen LogP contribution in [0.5, 0.6) is 0 Å². The van der Waals surface area contributed by atoms with E-state index in [1.165, 1.54) is 26.7 Å². The largest absolute Gasteiger partial charge is 0.307 e. The van der Waals surface area contributed by atoms with Crippen molar-refractivity contribution in [3.05, 3.63) is 51.0 Å². The molecule has 1 aromatic heterocycles. The summed E-state index contributed by atoms with van der Waals surface area (Å²) >= 11 is 1.85. The van der Waals surface area contributed by atoms with Gasteiger partial charge in [0, 0.05) is 23.4 Å². The lowest BCUT2D eigenvalue weighted by Gasteiger charge is -2.20. The summed E-state index contributed by atoms with van der Waals surface area (Å²) in [6.07, 6.45) is 1.94. The highest BCUT2D eigenvalue weighted by Gasteiger charge is 2.14. The molecule has 2 aromatic rings. The molecular formula is C18H26N2S. The summed E-state index contributed by atoms with van der Waals surface area (Å²) in [6.45, 7) is 11.8. The number of aryl methyl sites for hydroxylation is 2. The van der Waals surface area contributed by atoms with E-state index in [2.05, 4.69) is 64.2 Å². The first kappa shape index (κ1) is 16.2. The maximum absolute atomic E-state index is 4.83. The SMILES string of the molecule is CCc1nc(Cc2cccc(C)c2)sc1CNC(C)(C)C. The molecule has 0 spiro atoms. The van der Waals surface area contributed by atoms with Crippen LogP contribution < -0.4 is 5.32 Å². The Morgan fingerprint density at radius 1 is 1.24 bits per heavy atom. The second kappa shape index (κ2) is 6.71. The maximum atomic E-state index is 4.83. The fourth-order valence-corrected chi connectivity index (χ4v) is 3.40. The number of hydrogen-bond donors (Lipinski definition) is 1. The molecular weight excluding hydrogens is 276 g/mol. The molecule has 0 aliphatic carbocycles. The Bertz CT molecular complexity index is 594. The van der Waals surface area contributed by atoms with Crippen molar-refractivity contribution in [2.24, 2.45) is 0 Å². The zero-order valence-corrected chi connectivity index (χ0v) is 14.6. The van der Waals surface area contributed by atoms with Crippen LogP contribution in [0, 0.1) is 6.92 Å². The third kappa shape index (κ3) is 4.94. The Hall–Kier alpha value is -1.19. The van der Waals surface area contributed by atoms with Gasteiger partial charge in [0.1, 0.15) is 0 Å². The van der Waals surface area contributed by atoms with E-state index in [1.54, 1.807) is 0 Å². The third-order valence-corrected chi connectivity index (χ3v) is 4.47. The molecule has 0 fully saturated rings. The molecule has 0 saturated carbocycles. The molecule has 2 nitrogen and oxygen atoms in total. The van der Waals surface area contributed by atoms with Crippen molar-refractivity contribution in [2.75, 3.05) is 0 Å². The van der Waals surface area contributed by atoms with Crippen LogP contribution in [0.4, 0.5) is 0 Å². The lowest BCUT2D eigenvalue weighted by molar-refractivity contribution is 0.425. The summed E-state index contributed by atoms with van der Waals surface area (Å²) in [5.74, 6) is 0. The minimum absolute atomic E-state index is 0.145. The molecule has 0 radical (unpaired) electrons. The molecule has 21 heavy (non-hydrogen) atoms. The van der Waals surface area contributed by atoms with Gasteiger partial charge < -0.3 is 5.32 Å². The van der Waals surface area contributed by atoms with Gasteiger partial charge in [0.25, 0.3) is 0 Å². The standard InChI is InChI=1S/C18H26N2S/c1-6-15-16(12-19-18(3,4)5)21-17(20-15)11-14-9-7-8-13(2)10-14/h7-10,19H,6,11-12H2,1-5H3. The number of nitrogens with one attached hydrogen (secondary N) is 1. The molecule has 0 amide bonds. The van der Waals surface area contributed by atoms with Gasteiger partial charge in [0.2, 0.25) is 0 Å². The first-order valence-corrected chi connectivity index (χ1v) is 8.47. The van der Waals surface area contributed by atoms with Gasteiger partial charge in [-0.25, -0.2) is 4.98 Å². The second-order valence-electron chi connectivity index (χ2n) is 6.60. The number of nitrogens with zero attached hydrogens (tertiary/aromatic N) is 1. The van der Waals surface area contributed by atoms with Crippen molar-refractivity contribution >= 4 is 11.3 Å². The average Bonchev–Trinajstić information content (AvgIpc) is 2.78. The molecule has 0 aliphatic heterocycles. The highest BCUT2D eigenvalue weighted by molar-refractivity contribution is 7.11. The smallest absolute Gasteiger partial charge is 0.0975 e. The Kier molecular flexibility index (Phi) is 5.17. The third-order valence-electron chi connectivity index (χ3n) is 3.37. The number of thiazole rings is 1.